The van der Waals surface area contributed by atoms with E-state index in [1.54, 1.807) is 17.0 Å². The number of anilines is 1. The quantitative estimate of drug-likeness (QED) is 0.796. The van der Waals surface area contributed by atoms with Crippen LogP contribution in [0.3, 0.4) is 0 Å². The summed E-state index contributed by atoms with van der Waals surface area (Å²) in [5.41, 5.74) is 1.54. The minimum absolute atomic E-state index is 0.0582. The molecule has 0 saturated carbocycles. The summed E-state index contributed by atoms with van der Waals surface area (Å²) in [5.74, 6) is 1.25. The number of hydrogen-bond acceptors (Lipinski definition) is 6. The molecular weight excluding hydrogens is 354 g/mol. The summed E-state index contributed by atoms with van der Waals surface area (Å²) < 4.78 is 5.55. The molecule has 1 aromatic heterocycles. The van der Waals surface area contributed by atoms with Gasteiger partial charge in [0.25, 0.3) is 0 Å². The van der Waals surface area contributed by atoms with Crippen molar-refractivity contribution in [2.24, 2.45) is 0 Å². The molecule has 2 aromatic rings. The van der Waals surface area contributed by atoms with Gasteiger partial charge in [-0.3, -0.25) is 0 Å². The number of amides is 1. The highest BCUT2D eigenvalue weighted by Crippen LogP contribution is 2.25. The Hall–Kier alpha value is -3.14. The van der Waals surface area contributed by atoms with Gasteiger partial charge in [-0.25, -0.2) is 4.79 Å². The minimum atomic E-state index is -0.346. The van der Waals surface area contributed by atoms with Crippen molar-refractivity contribution in [2.75, 3.05) is 24.5 Å². The predicted octanol–water partition coefficient (Wildman–Crippen LogP) is 3.36. The van der Waals surface area contributed by atoms with Crippen LogP contribution in [0.25, 0.3) is 0 Å². The largest absolute Gasteiger partial charge is 0.415 e. The van der Waals surface area contributed by atoms with Crippen LogP contribution in [0, 0.1) is 11.3 Å². The van der Waals surface area contributed by atoms with E-state index in [1.165, 1.54) is 5.56 Å². The van der Waals surface area contributed by atoms with Crippen LogP contribution >= 0.6 is 0 Å². The van der Waals surface area contributed by atoms with Gasteiger partial charge < -0.3 is 14.5 Å². The average Bonchev–Trinajstić information content (AvgIpc) is 2.68. The van der Waals surface area contributed by atoms with Crippen LogP contribution in [0.5, 0.6) is 5.75 Å². The molecule has 28 heavy (non-hydrogen) atoms. The lowest BCUT2D eigenvalue weighted by atomic mass is 9.87. The average molecular weight is 379 g/mol. The fraction of sp³-hybridized carbons (Fsp3) is 0.429. The summed E-state index contributed by atoms with van der Waals surface area (Å²) in [4.78, 5) is 16.3. The molecule has 1 atom stereocenters. The van der Waals surface area contributed by atoms with Crippen molar-refractivity contribution >= 4 is 11.9 Å². The second-order valence-electron chi connectivity index (χ2n) is 8.02. The SMILES string of the molecule is C[C@@H]1CN(C(=O)Oc2ccc(C(C)(C)C)cc2)CCN1c1ccc(C#N)nn1. The Morgan fingerprint density at radius 1 is 1.14 bits per heavy atom. The van der Waals surface area contributed by atoms with Crippen molar-refractivity contribution in [3.8, 4) is 11.8 Å². The monoisotopic (exact) mass is 379 g/mol. The molecule has 1 saturated heterocycles. The van der Waals surface area contributed by atoms with Gasteiger partial charge in [0, 0.05) is 25.7 Å². The van der Waals surface area contributed by atoms with E-state index < -0.39 is 0 Å². The number of benzene rings is 1. The summed E-state index contributed by atoms with van der Waals surface area (Å²) in [6, 6.07) is 13.1. The first-order valence-corrected chi connectivity index (χ1v) is 9.35. The fourth-order valence-corrected chi connectivity index (χ4v) is 3.19. The molecular formula is C21H25N5O2. The first kappa shape index (κ1) is 19.6. The third kappa shape index (κ3) is 4.39. The number of hydrogen-bond donors (Lipinski definition) is 0. The van der Waals surface area contributed by atoms with Crippen LogP contribution in [-0.4, -0.2) is 46.9 Å². The predicted molar refractivity (Wildman–Crippen MR) is 106 cm³/mol. The Morgan fingerprint density at radius 2 is 1.86 bits per heavy atom. The standard InChI is InChI=1S/C21H25N5O2/c1-15-14-25(11-12-26(15)19-10-7-17(13-22)23-24-19)20(27)28-18-8-5-16(6-9-18)21(2,3)4/h5-10,15H,11-12,14H2,1-4H3/t15-/m1/s1. The molecule has 0 aliphatic carbocycles. The number of ether oxygens (including phenoxy) is 1. The lowest BCUT2D eigenvalue weighted by molar-refractivity contribution is 0.142. The van der Waals surface area contributed by atoms with Gasteiger partial charge in [-0.1, -0.05) is 32.9 Å². The number of piperazine rings is 1. The highest BCUT2D eigenvalue weighted by atomic mass is 16.6. The van der Waals surface area contributed by atoms with E-state index in [1.807, 2.05) is 37.3 Å². The number of nitrogens with zero attached hydrogens (tertiary/aromatic N) is 5. The van der Waals surface area contributed by atoms with Crippen LogP contribution in [0.2, 0.25) is 0 Å². The van der Waals surface area contributed by atoms with E-state index in [2.05, 4.69) is 35.9 Å². The molecule has 7 nitrogen and oxygen atoms in total. The van der Waals surface area contributed by atoms with Crippen molar-refractivity contribution in [2.45, 2.75) is 39.2 Å². The molecule has 0 spiro atoms. The van der Waals surface area contributed by atoms with Crippen molar-refractivity contribution < 1.29 is 9.53 Å². The molecule has 0 unspecified atom stereocenters. The molecule has 3 rings (SSSR count). The van der Waals surface area contributed by atoms with Gasteiger partial charge in [-0.05, 0) is 42.2 Å². The minimum Gasteiger partial charge on any atom is -0.410 e. The van der Waals surface area contributed by atoms with Gasteiger partial charge in [0.15, 0.2) is 11.5 Å². The van der Waals surface area contributed by atoms with Crippen LogP contribution < -0.4 is 9.64 Å². The Morgan fingerprint density at radius 3 is 2.39 bits per heavy atom. The Bertz CT molecular complexity index is 866. The molecule has 1 aliphatic heterocycles. The van der Waals surface area contributed by atoms with E-state index in [-0.39, 0.29) is 23.2 Å². The van der Waals surface area contributed by atoms with Crippen molar-refractivity contribution in [1.29, 1.82) is 5.26 Å². The smallest absolute Gasteiger partial charge is 0.410 e. The van der Waals surface area contributed by atoms with Gasteiger partial charge in [-0.15, -0.1) is 10.2 Å². The van der Waals surface area contributed by atoms with E-state index in [4.69, 9.17) is 10.00 Å². The van der Waals surface area contributed by atoms with E-state index in [0.29, 0.717) is 31.2 Å². The Kier molecular flexibility index (Phi) is 5.50. The summed E-state index contributed by atoms with van der Waals surface area (Å²) in [6.07, 6.45) is -0.346. The number of carbonyl (C=O) groups excluding carboxylic acids is 1. The molecule has 0 radical (unpaired) electrons. The Balaban J connectivity index is 1.60. The van der Waals surface area contributed by atoms with Gasteiger partial charge in [0.1, 0.15) is 11.8 Å². The molecule has 2 heterocycles. The molecule has 0 bridgehead atoms. The van der Waals surface area contributed by atoms with Crippen LogP contribution in [0.1, 0.15) is 39.0 Å². The van der Waals surface area contributed by atoms with Crippen LogP contribution in [-0.2, 0) is 5.41 Å². The second kappa shape index (κ2) is 7.85. The number of carbonyl (C=O) groups is 1. The molecule has 1 amide bonds. The van der Waals surface area contributed by atoms with Gasteiger partial charge in [-0.2, -0.15) is 5.26 Å². The molecule has 146 valence electrons. The van der Waals surface area contributed by atoms with Gasteiger partial charge in [0.05, 0.1) is 0 Å². The van der Waals surface area contributed by atoms with Crippen molar-refractivity contribution in [3.63, 3.8) is 0 Å². The van der Waals surface area contributed by atoms with Crippen LogP contribution in [0.15, 0.2) is 36.4 Å². The van der Waals surface area contributed by atoms with Crippen LogP contribution in [0.4, 0.5) is 10.6 Å². The zero-order chi connectivity index (χ0) is 20.3. The number of aromatic nitrogens is 2. The molecule has 0 N–H and O–H groups in total. The summed E-state index contributed by atoms with van der Waals surface area (Å²) in [6.45, 7) is 10.1. The highest BCUT2D eigenvalue weighted by Gasteiger charge is 2.29. The summed E-state index contributed by atoms with van der Waals surface area (Å²) >= 11 is 0. The highest BCUT2D eigenvalue weighted by molar-refractivity contribution is 5.71. The maximum Gasteiger partial charge on any atom is 0.415 e. The second-order valence-corrected chi connectivity index (χ2v) is 8.02. The summed E-state index contributed by atoms with van der Waals surface area (Å²) in [5, 5.41) is 16.8. The zero-order valence-electron chi connectivity index (χ0n) is 16.7. The normalized spacial score (nSPS) is 17.2. The van der Waals surface area contributed by atoms with Crippen molar-refractivity contribution in [1.82, 2.24) is 15.1 Å². The topological polar surface area (TPSA) is 82.4 Å². The third-order valence-corrected chi connectivity index (χ3v) is 4.87. The molecule has 7 heteroatoms. The van der Waals surface area contributed by atoms with Gasteiger partial charge in [0.2, 0.25) is 0 Å². The van der Waals surface area contributed by atoms with E-state index >= 15 is 0 Å². The maximum atomic E-state index is 12.5. The lowest BCUT2D eigenvalue weighted by Gasteiger charge is -2.39. The summed E-state index contributed by atoms with van der Waals surface area (Å²) in [7, 11) is 0. The van der Waals surface area contributed by atoms with Crippen molar-refractivity contribution in [3.05, 3.63) is 47.7 Å². The molecule has 1 aromatic carbocycles. The first-order chi connectivity index (χ1) is 13.3. The number of rotatable bonds is 2. The third-order valence-electron chi connectivity index (χ3n) is 4.87. The zero-order valence-corrected chi connectivity index (χ0v) is 16.7. The fourth-order valence-electron chi connectivity index (χ4n) is 3.19. The lowest BCUT2D eigenvalue weighted by Crippen LogP contribution is -2.54. The first-order valence-electron chi connectivity index (χ1n) is 9.35. The van der Waals surface area contributed by atoms with E-state index in [0.717, 1.165) is 0 Å². The van der Waals surface area contributed by atoms with Gasteiger partial charge >= 0.3 is 6.09 Å². The maximum absolute atomic E-state index is 12.5. The number of nitriles is 1. The Labute approximate surface area is 165 Å². The molecule has 1 fully saturated rings. The molecule has 1 aliphatic rings. The van der Waals surface area contributed by atoms with E-state index in [9.17, 15) is 4.79 Å².